The van der Waals surface area contributed by atoms with Crippen molar-refractivity contribution in [2.45, 2.75) is 17.1 Å². The fourth-order valence-corrected chi connectivity index (χ4v) is 2.76. The molecule has 0 saturated heterocycles. The molecule has 0 spiro atoms. The van der Waals surface area contributed by atoms with Crippen molar-refractivity contribution >= 4 is 35.0 Å². The maximum atomic E-state index is 12.2. The molecule has 0 saturated carbocycles. The Morgan fingerprint density at radius 2 is 1.86 bits per heavy atom. The number of carbonyl (C=O) groups excluding carboxylic acids is 1. The van der Waals surface area contributed by atoms with Crippen molar-refractivity contribution in [1.82, 2.24) is 0 Å². The van der Waals surface area contributed by atoms with Gasteiger partial charge in [-0.3, -0.25) is 4.79 Å². The first kappa shape index (κ1) is 15.7. The monoisotopic (exact) mass is 321 g/mol. The summed E-state index contributed by atoms with van der Waals surface area (Å²) in [6.45, 7) is 1.86. The molecule has 0 bridgehead atoms. The normalized spacial score (nSPS) is 11.8. The van der Waals surface area contributed by atoms with Gasteiger partial charge < -0.3 is 10.1 Å². The molecule has 1 atom stereocenters. The van der Waals surface area contributed by atoms with E-state index in [1.807, 2.05) is 43.3 Å². The number of rotatable bonds is 5. The zero-order valence-corrected chi connectivity index (χ0v) is 13.4. The van der Waals surface area contributed by atoms with E-state index in [4.69, 9.17) is 16.3 Å². The van der Waals surface area contributed by atoms with Gasteiger partial charge in [-0.25, -0.2) is 0 Å². The SMILES string of the molecule is COc1ccc(SC(C)C(=O)Nc2ccccc2Cl)cc1. The third-order valence-corrected chi connectivity index (χ3v) is 4.31. The Bertz CT molecular complexity index is 616. The van der Waals surface area contributed by atoms with Gasteiger partial charge in [0.1, 0.15) is 5.75 Å². The Morgan fingerprint density at radius 3 is 2.48 bits per heavy atom. The standard InChI is InChI=1S/C16H16ClNO2S/c1-11(21-13-9-7-12(20-2)8-10-13)16(19)18-15-6-4-3-5-14(15)17/h3-11H,1-2H3,(H,18,19). The number of benzene rings is 2. The van der Waals surface area contributed by atoms with Crippen molar-refractivity contribution in [1.29, 1.82) is 0 Å². The minimum absolute atomic E-state index is 0.0797. The summed E-state index contributed by atoms with van der Waals surface area (Å²) in [4.78, 5) is 13.2. The quantitative estimate of drug-likeness (QED) is 0.826. The number of methoxy groups -OCH3 is 1. The summed E-state index contributed by atoms with van der Waals surface area (Å²) >= 11 is 7.52. The zero-order chi connectivity index (χ0) is 15.2. The number of halogens is 1. The summed E-state index contributed by atoms with van der Waals surface area (Å²) < 4.78 is 5.11. The van der Waals surface area contributed by atoms with Gasteiger partial charge in [-0.1, -0.05) is 23.7 Å². The fraction of sp³-hybridized carbons (Fsp3) is 0.188. The van der Waals surface area contributed by atoms with E-state index in [2.05, 4.69) is 5.32 Å². The van der Waals surface area contributed by atoms with Crippen LogP contribution in [0.4, 0.5) is 5.69 Å². The molecule has 3 nitrogen and oxygen atoms in total. The predicted octanol–water partition coefficient (Wildman–Crippen LogP) is 4.47. The van der Waals surface area contributed by atoms with Crippen molar-refractivity contribution in [3.63, 3.8) is 0 Å². The van der Waals surface area contributed by atoms with E-state index in [0.29, 0.717) is 10.7 Å². The van der Waals surface area contributed by atoms with Gasteiger partial charge in [-0.2, -0.15) is 0 Å². The molecule has 1 amide bonds. The highest BCUT2D eigenvalue weighted by Crippen LogP contribution is 2.27. The molecule has 0 fully saturated rings. The van der Waals surface area contributed by atoms with E-state index in [1.54, 1.807) is 19.2 Å². The van der Waals surface area contributed by atoms with Gasteiger partial charge in [0, 0.05) is 4.90 Å². The molecule has 1 N–H and O–H groups in total. The summed E-state index contributed by atoms with van der Waals surface area (Å²) in [7, 11) is 1.63. The van der Waals surface area contributed by atoms with Gasteiger partial charge in [0.05, 0.1) is 23.1 Å². The predicted molar refractivity (Wildman–Crippen MR) is 88.4 cm³/mol. The van der Waals surface area contributed by atoms with Crippen molar-refractivity contribution in [3.8, 4) is 5.75 Å². The molecular formula is C16H16ClNO2S. The van der Waals surface area contributed by atoms with E-state index in [9.17, 15) is 4.79 Å². The van der Waals surface area contributed by atoms with E-state index >= 15 is 0 Å². The molecule has 0 heterocycles. The number of hydrogen-bond acceptors (Lipinski definition) is 3. The van der Waals surface area contributed by atoms with E-state index < -0.39 is 0 Å². The number of ether oxygens (including phenoxy) is 1. The third-order valence-electron chi connectivity index (χ3n) is 2.87. The van der Waals surface area contributed by atoms with Crippen LogP contribution in [0.3, 0.4) is 0 Å². The highest BCUT2D eigenvalue weighted by Gasteiger charge is 2.15. The first-order valence-electron chi connectivity index (χ1n) is 6.46. The molecular weight excluding hydrogens is 306 g/mol. The minimum atomic E-state index is -0.227. The van der Waals surface area contributed by atoms with Crippen LogP contribution in [-0.4, -0.2) is 18.3 Å². The van der Waals surface area contributed by atoms with Gasteiger partial charge >= 0.3 is 0 Å². The molecule has 2 rings (SSSR count). The first-order chi connectivity index (χ1) is 10.1. The molecule has 0 aliphatic rings. The Hall–Kier alpha value is -1.65. The zero-order valence-electron chi connectivity index (χ0n) is 11.8. The first-order valence-corrected chi connectivity index (χ1v) is 7.72. The maximum absolute atomic E-state index is 12.2. The Balaban J connectivity index is 1.97. The Labute approximate surface area is 133 Å². The fourth-order valence-electron chi connectivity index (χ4n) is 1.71. The molecule has 0 radical (unpaired) electrons. The molecule has 1 unspecified atom stereocenters. The topological polar surface area (TPSA) is 38.3 Å². The van der Waals surface area contributed by atoms with Gasteiger partial charge in [0.25, 0.3) is 0 Å². The van der Waals surface area contributed by atoms with Crippen LogP contribution in [0, 0.1) is 0 Å². The lowest BCUT2D eigenvalue weighted by Gasteiger charge is -2.13. The number of hydrogen-bond donors (Lipinski definition) is 1. The average molecular weight is 322 g/mol. The number of carbonyl (C=O) groups is 1. The molecule has 110 valence electrons. The lowest BCUT2D eigenvalue weighted by molar-refractivity contribution is -0.115. The lowest BCUT2D eigenvalue weighted by atomic mass is 10.3. The highest BCUT2D eigenvalue weighted by molar-refractivity contribution is 8.00. The lowest BCUT2D eigenvalue weighted by Crippen LogP contribution is -2.22. The molecule has 0 aliphatic carbocycles. The summed E-state index contributed by atoms with van der Waals surface area (Å²) in [5, 5.41) is 3.14. The third kappa shape index (κ3) is 4.41. The number of thioether (sulfide) groups is 1. The molecule has 21 heavy (non-hydrogen) atoms. The van der Waals surface area contributed by atoms with Gasteiger partial charge in [-0.15, -0.1) is 11.8 Å². The van der Waals surface area contributed by atoms with Crippen molar-refractivity contribution in [2.24, 2.45) is 0 Å². The number of anilines is 1. The molecule has 2 aromatic carbocycles. The van der Waals surface area contributed by atoms with E-state index in [-0.39, 0.29) is 11.2 Å². The van der Waals surface area contributed by atoms with Crippen molar-refractivity contribution in [2.75, 3.05) is 12.4 Å². The summed E-state index contributed by atoms with van der Waals surface area (Å²) in [6.07, 6.45) is 0. The second kappa shape index (κ2) is 7.38. The van der Waals surface area contributed by atoms with Crippen LogP contribution in [-0.2, 0) is 4.79 Å². The van der Waals surface area contributed by atoms with Crippen LogP contribution < -0.4 is 10.1 Å². The van der Waals surface area contributed by atoms with E-state index in [1.165, 1.54) is 11.8 Å². The number of nitrogens with one attached hydrogen (secondary N) is 1. The Kier molecular flexibility index (Phi) is 5.53. The number of para-hydroxylation sites is 1. The smallest absolute Gasteiger partial charge is 0.237 e. The van der Waals surface area contributed by atoms with Gasteiger partial charge in [0.15, 0.2) is 0 Å². The highest BCUT2D eigenvalue weighted by atomic mass is 35.5. The molecule has 0 aliphatic heterocycles. The van der Waals surface area contributed by atoms with Crippen LogP contribution in [0.25, 0.3) is 0 Å². The van der Waals surface area contributed by atoms with Crippen LogP contribution in [0.2, 0.25) is 5.02 Å². The molecule has 0 aromatic heterocycles. The average Bonchev–Trinajstić information content (AvgIpc) is 2.50. The van der Waals surface area contributed by atoms with Gasteiger partial charge in [0.2, 0.25) is 5.91 Å². The van der Waals surface area contributed by atoms with Gasteiger partial charge in [-0.05, 0) is 43.3 Å². The summed E-state index contributed by atoms with van der Waals surface area (Å²) in [6, 6.07) is 14.8. The van der Waals surface area contributed by atoms with Crippen LogP contribution >= 0.6 is 23.4 Å². The van der Waals surface area contributed by atoms with Crippen molar-refractivity contribution < 1.29 is 9.53 Å². The molecule has 5 heteroatoms. The molecule has 2 aromatic rings. The van der Waals surface area contributed by atoms with Crippen molar-refractivity contribution in [3.05, 3.63) is 53.6 Å². The minimum Gasteiger partial charge on any atom is -0.497 e. The second-order valence-electron chi connectivity index (χ2n) is 4.40. The summed E-state index contributed by atoms with van der Waals surface area (Å²) in [5.74, 6) is 0.719. The second-order valence-corrected chi connectivity index (χ2v) is 6.23. The van der Waals surface area contributed by atoms with Crippen LogP contribution in [0.5, 0.6) is 5.75 Å². The van der Waals surface area contributed by atoms with E-state index in [0.717, 1.165) is 10.6 Å². The van der Waals surface area contributed by atoms with Crippen LogP contribution in [0.15, 0.2) is 53.4 Å². The maximum Gasteiger partial charge on any atom is 0.237 e. The Morgan fingerprint density at radius 1 is 1.19 bits per heavy atom. The van der Waals surface area contributed by atoms with Crippen LogP contribution in [0.1, 0.15) is 6.92 Å². The summed E-state index contributed by atoms with van der Waals surface area (Å²) in [5.41, 5.74) is 0.631. The number of amides is 1. The largest absolute Gasteiger partial charge is 0.497 e.